The van der Waals surface area contributed by atoms with Crippen molar-refractivity contribution >= 4 is 5.69 Å². The topological polar surface area (TPSA) is 23.5 Å². The van der Waals surface area contributed by atoms with Crippen LogP contribution in [0.25, 0.3) is 0 Å². The van der Waals surface area contributed by atoms with Crippen molar-refractivity contribution in [3.8, 4) is 0 Å². The Hall–Kier alpha value is -1.09. The predicted molar refractivity (Wildman–Crippen MR) is 72.3 cm³/mol. The summed E-state index contributed by atoms with van der Waals surface area (Å²) < 4.78 is 14.1. The molecule has 1 aliphatic rings. The highest BCUT2D eigenvalue weighted by Gasteiger charge is 2.30. The van der Waals surface area contributed by atoms with Crippen LogP contribution in [0.15, 0.2) is 18.2 Å². The van der Waals surface area contributed by atoms with Crippen LogP contribution in [0.2, 0.25) is 0 Å². The van der Waals surface area contributed by atoms with Crippen LogP contribution in [-0.2, 0) is 0 Å². The molecule has 0 spiro atoms. The molecule has 2 nitrogen and oxygen atoms in total. The van der Waals surface area contributed by atoms with Crippen molar-refractivity contribution in [2.75, 3.05) is 11.4 Å². The third-order valence-corrected chi connectivity index (χ3v) is 3.50. The van der Waals surface area contributed by atoms with Crippen LogP contribution in [-0.4, -0.2) is 17.7 Å². The van der Waals surface area contributed by atoms with E-state index in [4.69, 9.17) is 0 Å². The number of rotatable bonds is 6. The minimum absolute atomic E-state index is 0.212. The van der Waals surface area contributed by atoms with Gasteiger partial charge in [0.05, 0.1) is 11.8 Å². The van der Waals surface area contributed by atoms with Crippen LogP contribution in [0.3, 0.4) is 0 Å². The summed E-state index contributed by atoms with van der Waals surface area (Å²) in [6, 6.07) is 5.61. The lowest BCUT2D eigenvalue weighted by Crippen LogP contribution is -2.27. The highest BCUT2D eigenvalue weighted by atomic mass is 19.1. The number of aliphatic hydroxyl groups excluding tert-OH is 1. The first-order valence-electron chi connectivity index (χ1n) is 6.87. The molecular weight excluding hydrogens is 229 g/mol. The normalized spacial score (nSPS) is 16.7. The highest BCUT2D eigenvalue weighted by molar-refractivity contribution is 5.51. The number of nitrogens with zero attached hydrogens (tertiary/aromatic N) is 1. The summed E-state index contributed by atoms with van der Waals surface area (Å²) in [4.78, 5) is 2.19. The van der Waals surface area contributed by atoms with E-state index in [-0.39, 0.29) is 5.82 Å². The molecular formula is C15H22FNO. The molecule has 0 saturated heterocycles. The van der Waals surface area contributed by atoms with E-state index in [0.29, 0.717) is 17.3 Å². The Morgan fingerprint density at radius 3 is 2.67 bits per heavy atom. The zero-order valence-electron chi connectivity index (χ0n) is 11.2. The number of anilines is 1. The van der Waals surface area contributed by atoms with Crippen molar-refractivity contribution in [3.05, 3.63) is 29.6 Å². The Balaban J connectivity index is 2.19. The van der Waals surface area contributed by atoms with Crippen LogP contribution in [0, 0.1) is 5.82 Å². The van der Waals surface area contributed by atoms with Gasteiger partial charge in [-0.15, -0.1) is 0 Å². The molecule has 18 heavy (non-hydrogen) atoms. The van der Waals surface area contributed by atoms with Gasteiger partial charge in [0.1, 0.15) is 5.82 Å². The van der Waals surface area contributed by atoms with Crippen molar-refractivity contribution in [1.29, 1.82) is 0 Å². The Kier molecular flexibility index (Phi) is 4.23. The fourth-order valence-corrected chi connectivity index (χ4v) is 2.23. The number of aliphatic hydroxyl groups is 1. The molecule has 1 aromatic rings. The second-order valence-electron chi connectivity index (χ2n) is 5.16. The van der Waals surface area contributed by atoms with Gasteiger partial charge in [-0.25, -0.2) is 4.39 Å². The molecule has 1 aromatic carbocycles. The third kappa shape index (κ3) is 3.02. The molecule has 0 bridgehead atoms. The first kappa shape index (κ1) is 13.3. The summed E-state index contributed by atoms with van der Waals surface area (Å²) in [6.45, 7) is 4.73. The van der Waals surface area contributed by atoms with Crippen molar-refractivity contribution in [2.24, 2.45) is 0 Å². The largest absolute Gasteiger partial charge is 0.389 e. The van der Waals surface area contributed by atoms with Crippen LogP contribution in [0.1, 0.15) is 51.2 Å². The van der Waals surface area contributed by atoms with E-state index < -0.39 is 6.10 Å². The second-order valence-corrected chi connectivity index (χ2v) is 5.16. The maximum absolute atomic E-state index is 14.1. The van der Waals surface area contributed by atoms with Gasteiger partial charge >= 0.3 is 0 Å². The second kappa shape index (κ2) is 5.70. The number of hydrogen-bond donors (Lipinski definition) is 1. The molecule has 1 fully saturated rings. The quantitative estimate of drug-likeness (QED) is 0.834. The highest BCUT2D eigenvalue weighted by Crippen LogP contribution is 2.34. The lowest BCUT2D eigenvalue weighted by Gasteiger charge is -2.25. The van der Waals surface area contributed by atoms with Crippen LogP contribution in [0.5, 0.6) is 0 Å². The van der Waals surface area contributed by atoms with E-state index in [2.05, 4.69) is 11.8 Å². The van der Waals surface area contributed by atoms with Gasteiger partial charge in [0, 0.05) is 12.6 Å². The number of halogens is 1. The molecule has 0 aliphatic heterocycles. The maximum atomic E-state index is 14.1. The molecule has 1 saturated carbocycles. The number of unbranched alkanes of at least 4 members (excludes halogenated alkanes) is 1. The summed E-state index contributed by atoms with van der Waals surface area (Å²) >= 11 is 0. The standard InChI is InChI=1S/C15H22FNO/c1-3-4-9-17(13-6-7-13)15-8-5-12(11(2)18)10-14(15)16/h5,8,10-11,13,18H,3-4,6-7,9H2,1-2H3. The molecule has 3 heteroatoms. The van der Waals surface area contributed by atoms with Gasteiger partial charge in [0.2, 0.25) is 0 Å². The zero-order valence-corrected chi connectivity index (χ0v) is 11.2. The van der Waals surface area contributed by atoms with Gasteiger partial charge in [-0.1, -0.05) is 19.4 Å². The van der Waals surface area contributed by atoms with Gasteiger partial charge in [-0.3, -0.25) is 0 Å². The Morgan fingerprint density at radius 1 is 1.44 bits per heavy atom. The van der Waals surface area contributed by atoms with E-state index in [1.54, 1.807) is 6.92 Å². The minimum Gasteiger partial charge on any atom is -0.389 e. The molecule has 0 heterocycles. The average Bonchev–Trinajstić information content (AvgIpc) is 3.15. The Labute approximate surface area is 108 Å². The molecule has 2 rings (SSSR count). The SMILES string of the molecule is CCCCN(c1ccc(C(C)O)cc1F)C1CC1. The number of benzene rings is 1. The predicted octanol–water partition coefficient (Wildman–Crippen LogP) is 3.65. The van der Waals surface area contributed by atoms with Gasteiger partial charge in [-0.05, 0) is 43.9 Å². The lowest BCUT2D eigenvalue weighted by atomic mass is 10.1. The van der Waals surface area contributed by atoms with Crippen molar-refractivity contribution in [1.82, 2.24) is 0 Å². The van der Waals surface area contributed by atoms with E-state index >= 15 is 0 Å². The van der Waals surface area contributed by atoms with Crippen LogP contribution in [0.4, 0.5) is 10.1 Å². The number of hydrogen-bond acceptors (Lipinski definition) is 2. The molecule has 0 aromatic heterocycles. The smallest absolute Gasteiger partial charge is 0.146 e. The summed E-state index contributed by atoms with van der Waals surface area (Å²) in [5.41, 5.74) is 1.33. The average molecular weight is 251 g/mol. The van der Waals surface area contributed by atoms with Crippen molar-refractivity contribution in [2.45, 2.75) is 51.7 Å². The van der Waals surface area contributed by atoms with Gasteiger partial charge in [-0.2, -0.15) is 0 Å². The van der Waals surface area contributed by atoms with Gasteiger partial charge in [0.15, 0.2) is 0 Å². The first-order chi connectivity index (χ1) is 8.63. The van der Waals surface area contributed by atoms with Crippen LogP contribution >= 0.6 is 0 Å². The molecule has 0 amide bonds. The summed E-state index contributed by atoms with van der Waals surface area (Å²) in [5, 5.41) is 9.46. The monoisotopic (exact) mass is 251 g/mol. The molecule has 1 unspecified atom stereocenters. The van der Waals surface area contributed by atoms with E-state index in [1.807, 2.05) is 12.1 Å². The zero-order chi connectivity index (χ0) is 13.1. The van der Waals surface area contributed by atoms with Crippen LogP contribution < -0.4 is 4.90 Å². The maximum Gasteiger partial charge on any atom is 0.146 e. The minimum atomic E-state index is -0.612. The molecule has 100 valence electrons. The van der Waals surface area contributed by atoms with Gasteiger partial charge in [0.25, 0.3) is 0 Å². The molecule has 1 atom stereocenters. The molecule has 1 N–H and O–H groups in total. The van der Waals surface area contributed by atoms with E-state index in [9.17, 15) is 9.50 Å². The fraction of sp³-hybridized carbons (Fsp3) is 0.600. The van der Waals surface area contributed by atoms with Crippen molar-refractivity contribution in [3.63, 3.8) is 0 Å². The van der Waals surface area contributed by atoms with E-state index in [0.717, 1.165) is 19.4 Å². The third-order valence-electron chi connectivity index (χ3n) is 3.50. The van der Waals surface area contributed by atoms with Gasteiger partial charge < -0.3 is 10.0 Å². The fourth-order valence-electron chi connectivity index (χ4n) is 2.23. The first-order valence-corrected chi connectivity index (χ1v) is 6.87. The summed E-state index contributed by atoms with van der Waals surface area (Å²) in [6.07, 6.45) is 3.94. The molecule has 1 aliphatic carbocycles. The Morgan fingerprint density at radius 2 is 2.17 bits per heavy atom. The molecule has 0 radical (unpaired) electrons. The van der Waals surface area contributed by atoms with Crippen molar-refractivity contribution < 1.29 is 9.50 Å². The lowest BCUT2D eigenvalue weighted by molar-refractivity contribution is 0.199. The summed E-state index contributed by atoms with van der Waals surface area (Å²) in [5.74, 6) is -0.212. The summed E-state index contributed by atoms with van der Waals surface area (Å²) in [7, 11) is 0. The van der Waals surface area contributed by atoms with E-state index in [1.165, 1.54) is 18.9 Å². The Bertz CT molecular complexity index is 401.